The quantitative estimate of drug-likeness (QED) is 0.643. The highest BCUT2D eigenvalue weighted by Gasteiger charge is 2.56. The number of nitrogens with zero attached hydrogens (tertiary/aromatic N) is 4. The molecule has 196 valence electrons. The molecule has 2 saturated heterocycles. The van der Waals surface area contributed by atoms with Crippen molar-refractivity contribution in [3.8, 4) is 0 Å². The summed E-state index contributed by atoms with van der Waals surface area (Å²) in [5, 5.41) is 14.9. The molecule has 1 amide bonds. The van der Waals surface area contributed by atoms with Gasteiger partial charge in [0.1, 0.15) is 5.69 Å². The number of halogens is 3. The minimum atomic E-state index is -4.54. The van der Waals surface area contributed by atoms with Crippen LogP contribution >= 0.6 is 0 Å². The topological polar surface area (TPSA) is 90.8 Å². The minimum absolute atomic E-state index is 0.0137. The second-order valence-electron chi connectivity index (χ2n) is 10.7. The Kier molecular flexibility index (Phi) is 7.32. The first-order chi connectivity index (χ1) is 16.4. The van der Waals surface area contributed by atoms with Gasteiger partial charge in [-0.2, -0.15) is 13.2 Å². The lowest BCUT2D eigenvalue weighted by Gasteiger charge is -2.45. The van der Waals surface area contributed by atoms with Crippen molar-refractivity contribution in [3.63, 3.8) is 0 Å². The summed E-state index contributed by atoms with van der Waals surface area (Å²) < 4.78 is 44.6. The van der Waals surface area contributed by atoms with Crippen LogP contribution in [0.1, 0.15) is 52.1 Å². The van der Waals surface area contributed by atoms with Crippen molar-refractivity contribution >= 4 is 11.9 Å². The SMILES string of the molecule is CC1COCC[C@H]1N[C@H]1CC[C@](C(=O)N2CCN(c3nccc(C(F)(F)F)n3)CC2)(C(C)(C)O)C1. The van der Waals surface area contributed by atoms with Gasteiger partial charge >= 0.3 is 6.18 Å². The summed E-state index contributed by atoms with van der Waals surface area (Å²) in [6.07, 6.45) is -0.558. The number of ether oxygens (including phenoxy) is 1. The number of carbonyl (C=O) groups is 1. The first-order valence-electron chi connectivity index (χ1n) is 12.4. The molecule has 35 heavy (non-hydrogen) atoms. The predicted molar refractivity (Wildman–Crippen MR) is 124 cm³/mol. The van der Waals surface area contributed by atoms with Gasteiger partial charge in [0.25, 0.3) is 0 Å². The maximum Gasteiger partial charge on any atom is 0.433 e. The number of nitrogens with one attached hydrogen (secondary N) is 1. The smallest absolute Gasteiger partial charge is 0.389 e. The number of hydrogen-bond donors (Lipinski definition) is 2. The highest BCUT2D eigenvalue weighted by molar-refractivity contribution is 5.85. The predicted octanol–water partition coefficient (Wildman–Crippen LogP) is 2.47. The van der Waals surface area contributed by atoms with E-state index in [0.29, 0.717) is 51.0 Å². The number of amides is 1. The molecule has 0 bridgehead atoms. The average Bonchev–Trinajstić information content (AvgIpc) is 3.25. The summed E-state index contributed by atoms with van der Waals surface area (Å²) in [6.45, 7) is 8.36. The third kappa shape index (κ3) is 5.41. The number of aromatic nitrogens is 2. The number of carbonyl (C=O) groups excluding carboxylic acids is 1. The zero-order chi connectivity index (χ0) is 25.4. The fraction of sp³-hybridized carbons (Fsp3) is 0.792. The van der Waals surface area contributed by atoms with Gasteiger partial charge in [-0.05, 0) is 51.5 Å². The van der Waals surface area contributed by atoms with E-state index >= 15 is 0 Å². The Balaban J connectivity index is 1.42. The monoisotopic (exact) mass is 499 g/mol. The Hall–Kier alpha value is -1.98. The Bertz CT molecular complexity index is 901. The summed E-state index contributed by atoms with van der Waals surface area (Å²) in [5.41, 5.74) is -3.10. The number of piperazine rings is 1. The second-order valence-corrected chi connectivity index (χ2v) is 10.7. The summed E-state index contributed by atoms with van der Waals surface area (Å²) in [6, 6.07) is 1.32. The average molecular weight is 500 g/mol. The van der Waals surface area contributed by atoms with Crippen LogP contribution in [0.4, 0.5) is 19.1 Å². The molecule has 2 aliphatic heterocycles. The van der Waals surface area contributed by atoms with E-state index in [2.05, 4.69) is 22.2 Å². The van der Waals surface area contributed by atoms with Crippen LogP contribution in [0.5, 0.6) is 0 Å². The fourth-order valence-corrected chi connectivity index (χ4v) is 5.70. The zero-order valence-corrected chi connectivity index (χ0v) is 20.6. The lowest BCUT2D eigenvalue weighted by Crippen LogP contribution is -2.59. The Labute approximate surface area is 204 Å². The standard InChI is InChI=1S/C24H36F3N5O3/c1-16-15-35-13-6-18(16)29-17-4-7-23(14-17,22(2,3)34)20(33)31-9-11-32(12-10-31)21-28-8-5-19(30-21)24(25,26)27/h5,8,16-18,29,34H,4,6-7,9-15H2,1-3H3/t16?,17-,18+,23-/m0/s1. The van der Waals surface area contributed by atoms with E-state index in [1.165, 1.54) is 0 Å². The van der Waals surface area contributed by atoms with E-state index in [4.69, 9.17) is 4.74 Å². The Morgan fingerprint density at radius 3 is 2.57 bits per heavy atom. The van der Waals surface area contributed by atoms with Crippen molar-refractivity contribution in [1.82, 2.24) is 20.2 Å². The van der Waals surface area contributed by atoms with Crippen molar-refractivity contribution < 1.29 is 27.8 Å². The van der Waals surface area contributed by atoms with Crippen LogP contribution in [0.15, 0.2) is 12.3 Å². The minimum Gasteiger partial charge on any atom is -0.389 e. The summed E-state index contributed by atoms with van der Waals surface area (Å²) in [7, 11) is 0. The molecule has 0 spiro atoms. The van der Waals surface area contributed by atoms with Crippen LogP contribution in [0.2, 0.25) is 0 Å². The van der Waals surface area contributed by atoms with E-state index in [0.717, 1.165) is 38.3 Å². The van der Waals surface area contributed by atoms with Gasteiger partial charge in [0, 0.05) is 51.1 Å². The number of aliphatic hydroxyl groups is 1. The number of alkyl halides is 3. The fourth-order valence-electron chi connectivity index (χ4n) is 5.70. The van der Waals surface area contributed by atoms with Gasteiger partial charge in [0.15, 0.2) is 0 Å². The normalized spacial score (nSPS) is 30.5. The van der Waals surface area contributed by atoms with Crippen molar-refractivity contribution in [2.45, 2.75) is 70.3 Å². The molecule has 3 aliphatic rings. The van der Waals surface area contributed by atoms with Crippen molar-refractivity contribution in [2.75, 3.05) is 44.3 Å². The lowest BCUT2D eigenvalue weighted by molar-refractivity contribution is -0.158. The van der Waals surface area contributed by atoms with Crippen LogP contribution in [-0.4, -0.2) is 83.0 Å². The van der Waals surface area contributed by atoms with E-state index in [-0.39, 0.29) is 17.9 Å². The highest BCUT2D eigenvalue weighted by Crippen LogP contribution is 2.48. The molecular weight excluding hydrogens is 463 g/mol. The van der Waals surface area contributed by atoms with E-state index in [9.17, 15) is 23.1 Å². The molecule has 0 aromatic carbocycles. The maximum atomic E-state index is 13.8. The third-order valence-corrected chi connectivity index (χ3v) is 7.97. The molecule has 1 aromatic rings. The molecule has 1 unspecified atom stereocenters. The zero-order valence-electron chi connectivity index (χ0n) is 20.6. The summed E-state index contributed by atoms with van der Waals surface area (Å²) in [5.74, 6) is 0.321. The van der Waals surface area contributed by atoms with Gasteiger partial charge in [-0.25, -0.2) is 9.97 Å². The van der Waals surface area contributed by atoms with Crippen molar-refractivity contribution in [1.29, 1.82) is 0 Å². The molecule has 3 heterocycles. The van der Waals surface area contributed by atoms with Crippen molar-refractivity contribution in [3.05, 3.63) is 18.0 Å². The van der Waals surface area contributed by atoms with Crippen LogP contribution in [0.3, 0.4) is 0 Å². The van der Waals surface area contributed by atoms with Crippen LogP contribution in [0.25, 0.3) is 0 Å². The Morgan fingerprint density at radius 1 is 1.23 bits per heavy atom. The van der Waals surface area contributed by atoms with Gasteiger partial charge in [0.2, 0.25) is 11.9 Å². The molecule has 2 N–H and O–H groups in total. The molecule has 1 aromatic heterocycles. The molecule has 1 saturated carbocycles. The highest BCUT2D eigenvalue weighted by atomic mass is 19.4. The van der Waals surface area contributed by atoms with Crippen LogP contribution in [-0.2, 0) is 15.7 Å². The Morgan fingerprint density at radius 2 is 1.94 bits per heavy atom. The largest absolute Gasteiger partial charge is 0.433 e. The number of rotatable bonds is 5. The third-order valence-electron chi connectivity index (χ3n) is 7.97. The molecule has 4 rings (SSSR count). The molecule has 8 nitrogen and oxygen atoms in total. The first kappa shape index (κ1) is 26.1. The summed E-state index contributed by atoms with van der Waals surface area (Å²) >= 11 is 0. The van der Waals surface area contributed by atoms with Gasteiger partial charge in [-0.15, -0.1) is 0 Å². The molecule has 0 radical (unpaired) electrons. The molecular formula is C24H36F3N5O3. The van der Waals surface area contributed by atoms with Crippen LogP contribution < -0.4 is 10.2 Å². The van der Waals surface area contributed by atoms with E-state index in [1.54, 1.807) is 23.6 Å². The van der Waals surface area contributed by atoms with Crippen LogP contribution in [0, 0.1) is 11.3 Å². The molecule has 3 fully saturated rings. The van der Waals surface area contributed by atoms with Gasteiger partial charge in [-0.3, -0.25) is 4.79 Å². The molecule has 4 atom stereocenters. The number of anilines is 1. The van der Waals surface area contributed by atoms with E-state index < -0.39 is 22.9 Å². The van der Waals surface area contributed by atoms with Gasteiger partial charge in [-0.1, -0.05) is 6.92 Å². The first-order valence-corrected chi connectivity index (χ1v) is 12.4. The maximum absolute atomic E-state index is 13.8. The van der Waals surface area contributed by atoms with Gasteiger partial charge in [0.05, 0.1) is 17.6 Å². The molecule has 11 heteroatoms. The molecule has 1 aliphatic carbocycles. The summed E-state index contributed by atoms with van der Waals surface area (Å²) in [4.78, 5) is 24.9. The lowest BCUT2D eigenvalue weighted by atomic mass is 9.70. The van der Waals surface area contributed by atoms with Crippen molar-refractivity contribution in [2.24, 2.45) is 11.3 Å². The van der Waals surface area contributed by atoms with Gasteiger partial charge < -0.3 is 25.0 Å². The number of hydrogen-bond acceptors (Lipinski definition) is 7. The van der Waals surface area contributed by atoms with E-state index in [1.807, 2.05) is 0 Å². The second kappa shape index (κ2) is 9.82.